The zero-order valence-electron chi connectivity index (χ0n) is 8.71. The molecule has 9 heteroatoms. The fourth-order valence-corrected chi connectivity index (χ4v) is 2.70. The highest BCUT2D eigenvalue weighted by Crippen LogP contribution is 2.17. The van der Waals surface area contributed by atoms with Crippen molar-refractivity contribution in [2.45, 2.75) is 4.90 Å². The zero-order chi connectivity index (χ0) is 13.2. The molecule has 0 bridgehead atoms. The summed E-state index contributed by atoms with van der Waals surface area (Å²) in [5, 5.41) is 0.182. The molecule has 2 aromatic heterocycles. The van der Waals surface area contributed by atoms with Crippen molar-refractivity contribution in [1.29, 1.82) is 0 Å². The second-order valence-corrected chi connectivity index (χ2v) is 6.15. The Balaban J connectivity index is 2.30. The molecule has 94 valence electrons. The summed E-state index contributed by atoms with van der Waals surface area (Å²) in [6, 6.07) is 1.43. The average Bonchev–Trinajstić information content (AvgIpc) is 2.32. The van der Waals surface area contributed by atoms with Gasteiger partial charge in [0.15, 0.2) is 5.82 Å². The average molecular weight is 350 g/mol. The summed E-state index contributed by atoms with van der Waals surface area (Å²) < 4.78 is 26.8. The Labute approximate surface area is 117 Å². The predicted molar refractivity (Wildman–Crippen MR) is 69.8 cm³/mol. The molecular formula is C9H6BrClN4O2S. The van der Waals surface area contributed by atoms with Crippen molar-refractivity contribution >= 4 is 43.4 Å². The molecule has 0 atom stereocenters. The molecule has 0 unspecified atom stereocenters. The van der Waals surface area contributed by atoms with Gasteiger partial charge >= 0.3 is 0 Å². The van der Waals surface area contributed by atoms with E-state index in [4.69, 9.17) is 11.6 Å². The number of nitrogens with one attached hydrogen (secondary N) is 1. The largest absolute Gasteiger partial charge is 0.264 e. The van der Waals surface area contributed by atoms with Crippen molar-refractivity contribution < 1.29 is 8.42 Å². The van der Waals surface area contributed by atoms with Gasteiger partial charge in [0.25, 0.3) is 10.0 Å². The number of aromatic nitrogens is 3. The third-order valence-electron chi connectivity index (χ3n) is 1.85. The molecule has 18 heavy (non-hydrogen) atoms. The van der Waals surface area contributed by atoms with Crippen molar-refractivity contribution in [3.63, 3.8) is 0 Å². The van der Waals surface area contributed by atoms with Gasteiger partial charge in [0.1, 0.15) is 10.0 Å². The van der Waals surface area contributed by atoms with Crippen molar-refractivity contribution in [1.82, 2.24) is 15.0 Å². The Morgan fingerprint density at radius 3 is 2.56 bits per heavy atom. The van der Waals surface area contributed by atoms with E-state index in [0.717, 1.165) is 0 Å². The fraction of sp³-hybridized carbons (Fsp3) is 0. The van der Waals surface area contributed by atoms with Gasteiger partial charge < -0.3 is 0 Å². The van der Waals surface area contributed by atoms with E-state index >= 15 is 0 Å². The molecular weight excluding hydrogens is 344 g/mol. The van der Waals surface area contributed by atoms with E-state index in [2.05, 4.69) is 35.6 Å². The van der Waals surface area contributed by atoms with E-state index in [0.29, 0.717) is 4.47 Å². The molecule has 1 N–H and O–H groups in total. The number of halogens is 2. The van der Waals surface area contributed by atoms with E-state index in [9.17, 15) is 8.42 Å². The van der Waals surface area contributed by atoms with Crippen LogP contribution in [0.15, 0.2) is 40.2 Å². The summed E-state index contributed by atoms with van der Waals surface area (Å²) in [5.74, 6) is 0.0828. The van der Waals surface area contributed by atoms with Crippen molar-refractivity contribution in [3.8, 4) is 0 Å². The first-order valence-corrected chi connectivity index (χ1v) is 7.24. The molecule has 2 aromatic rings. The summed E-state index contributed by atoms with van der Waals surface area (Å²) in [6.45, 7) is 0. The highest BCUT2D eigenvalue weighted by molar-refractivity contribution is 9.10. The number of nitrogens with zero attached hydrogens (tertiary/aromatic N) is 3. The van der Waals surface area contributed by atoms with Gasteiger partial charge in [-0.3, -0.25) is 9.71 Å². The van der Waals surface area contributed by atoms with Crippen LogP contribution in [0.25, 0.3) is 0 Å². The summed E-state index contributed by atoms with van der Waals surface area (Å²) >= 11 is 8.70. The first kappa shape index (κ1) is 13.2. The van der Waals surface area contributed by atoms with E-state index in [-0.39, 0.29) is 15.9 Å². The Kier molecular flexibility index (Phi) is 3.79. The Bertz CT molecular complexity index is 663. The van der Waals surface area contributed by atoms with Gasteiger partial charge in [0, 0.05) is 16.9 Å². The third kappa shape index (κ3) is 3.15. The summed E-state index contributed by atoms with van der Waals surface area (Å²) in [4.78, 5) is 11.3. The van der Waals surface area contributed by atoms with Crippen LogP contribution in [-0.2, 0) is 10.0 Å². The third-order valence-corrected chi connectivity index (χ3v) is 3.80. The summed E-state index contributed by atoms with van der Waals surface area (Å²) in [5.41, 5.74) is 0. The lowest BCUT2D eigenvalue weighted by Gasteiger charge is -2.06. The smallest absolute Gasteiger partial charge is 0.262 e. The Morgan fingerprint density at radius 2 is 1.94 bits per heavy atom. The van der Waals surface area contributed by atoms with Gasteiger partial charge in [-0.1, -0.05) is 11.6 Å². The van der Waals surface area contributed by atoms with Gasteiger partial charge in [0.05, 0.1) is 12.4 Å². The minimum Gasteiger partial charge on any atom is -0.262 e. The van der Waals surface area contributed by atoms with Crippen LogP contribution < -0.4 is 4.72 Å². The number of rotatable bonds is 3. The van der Waals surface area contributed by atoms with Crippen LogP contribution in [0.2, 0.25) is 5.15 Å². The van der Waals surface area contributed by atoms with Crippen LogP contribution in [-0.4, -0.2) is 23.4 Å². The minimum atomic E-state index is -3.74. The number of anilines is 1. The number of pyridine rings is 1. The molecule has 6 nitrogen and oxygen atoms in total. The molecule has 0 aromatic carbocycles. The van der Waals surface area contributed by atoms with Crippen LogP contribution in [0, 0.1) is 0 Å². The van der Waals surface area contributed by atoms with Gasteiger partial charge in [-0.2, -0.15) is 0 Å². The number of hydrogen-bond donors (Lipinski definition) is 1. The topological polar surface area (TPSA) is 84.8 Å². The molecule has 0 amide bonds. The standard InChI is InChI=1S/C9H6BrClN4O2S/c10-6-1-7(3-12-2-6)18(16,17)15-9-5-13-8(11)4-14-9/h1-5H,(H,14,15). The number of sulfonamides is 1. The summed E-state index contributed by atoms with van der Waals surface area (Å²) in [7, 11) is -3.74. The fourth-order valence-electron chi connectivity index (χ4n) is 1.10. The van der Waals surface area contributed by atoms with Gasteiger partial charge in [-0.15, -0.1) is 0 Å². The molecule has 2 rings (SSSR count). The predicted octanol–water partition coefficient (Wildman–Crippen LogP) is 2.09. The van der Waals surface area contributed by atoms with E-state index in [1.54, 1.807) is 0 Å². The maximum atomic E-state index is 12.0. The zero-order valence-corrected chi connectivity index (χ0v) is 11.9. The lowest BCUT2D eigenvalue weighted by atomic mass is 10.5. The minimum absolute atomic E-state index is 0.0219. The van der Waals surface area contributed by atoms with E-state index < -0.39 is 10.0 Å². The maximum absolute atomic E-state index is 12.0. The molecule has 0 spiro atoms. The second kappa shape index (κ2) is 5.17. The van der Waals surface area contributed by atoms with Crippen molar-refractivity contribution in [2.75, 3.05) is 4.72 Å². The normalized spacial score (nSPS) is 11.2. The maximum Gasteiger partial charge on any atom is 0.264 e. The van der Waals surface area contributed by atoms with Gasteiger partial charge in [0.2, 0.25) is 0 Å². The summed E-state index contributed by atoms with van der Waals surface area (Å²) in [6.07, 6.45) is 5.20. The Morgan fingerprint density at radius 1 is 1.17 bits per heavy atom. The first-order valence-electron chi connectivity index (χ1n) is 4.58. The van der Waals surface area contributed by atoms with Gasteiger partial charge in [-0.05, 0) is 22.0 Å². The Hall–Kier alpha value is -1.25. The molecule has 0 aliphatic rings. The molecule has 0 aliphatic carbocycles. The molecule has 0 saturated heterocycles. The lowest BCUT2D eigenvalue weighted by molar-refractivity contribution is 0.600. The molecule has 0 radical (unpaired) electrons. The second-order valence-electron chi connectivity index (χ2n) is 3.17. The highest BCUT2D eigenvalue weighted by Gasteiger charge is 2.15. The molecule has 0 fully saturated rings. The van der Waals surface area contributed by atoms with E-state index in [1.807, 2.05) is 0 Å². The van der Waals surface area contributed by atoms with Crippen LogP contribution in [0.4, 0.5) is 5.82 Å². The monoisotopic (exact) mass is 348 g/mol. The van der Waals surface area contributed by atoms with Crippen molar-refractivity contribution in [3.05, 3.63) is 40.5 Å². The number of hydrogen-bond acceptors (Lipinski definition) is 5. The first-order chi connectivity index (χ1) is 8.47. The van der Waals surface area contributed by atoms with E-state index in [1.165, 1.54) is 30.9 Å². The molecule has 0 saturated carbocycles. The quantitative estimate of drug-likeness (QED) is 0.917. The van der Waals surface area contributed by atoms with Crippen LogP contribution >= 0.6 is 27.5 Å². The van der Waals surface area contributed by atoms with Crippen LogP contribution in [0.3, 0.4) is 0 Å². The SMILES string of the molecule is O=S(=O)(Nc1cnc(Cl)cn1)c1cncc(Br)c1. The highest BCUT2D eigenvalue weighted by atomic mass is 79.9. The van der Waals surface area contributed by atoms with Crippen LogP contribution in [0.1, 0.15) is 0 Å². The van der Waals surface area contributed by atoms with Crippen LogP contribution in [0.5, 0.6) is 0 Å². The van der Waals surface area contributed by atoms with Gasteiger partial charge in [-0.25, -0.2) is 18.4 Å². The lowest BCUT2D eigenvalue weighted by Crippen LogP contribution is -2.14. The van der Waals surface area contributed by atoms with Crippen molar-refractivity contribution in [2.24, 2.45) is 0 Å². The molecule has 0 aliphatic heterocycles. The molecule has 2 heterocycles.